The fourth-order valence-corrected chi connectivity index (χ4v) is 3.06. The van der Waals surface area contributed by atoms with E-state index in [1.165, 1.54) is 25.7 Å². The molecule has 2 fully saturated rings. The molecule has 1 saturated carbocycles. The predicted molar refractivity (Wildman–Crippen MR) is 69.8 cm³/mol. The molecule has 1 heterocycles. The second kappa shape index (κ2) is 5.85. The van der Waals surface area contributed by atoms with Gasteiger partial charge in [0, 0.05) is 12.6 Å². The Morgan fingerprint density at radius 2 is 2.18 bits per heavy atom. The molecule has 1 aliphatic carbocycles. The highest BCUT2D eigenvalue weighted by molar-refractivity contribution is 5.82. The molecule has 1 saturated heterocycles. The van der Waals surface area contributed by atoms with Gasteiger partial charge in [-0.1, -0.05) is 33.1 Å². The highest BCUT2D eigenvalue weighted by atomic mass is 16.2. The molecule has 0 spiro atoms. The van der Waals surface area contributed by atoms with E-state index in [2.05, 4.69) is 24.5 Å². The van der Waals surface area contributed by atoms with E-state index in [9.17, 15) is 4.79 Å². The van der Waals surface area contributed by atoms with Crippen LogP contribution in [-0.4, -0.2) is 24.5 Å². The number of nitrogens with one attached hydrogen (secondary N) is 2. The Kier molecular flexibility index (Phi) is 4.43. The third-order valence-electron chi connectivity index (χ3n) is 4.50. The summed E-state index contributed by atoms with van der Waals surface area (Å²) < 4.78 is 0. The zero-order valence-corrected chi connectivity index (χ0v) is 11.2. The Morgan fingerprint density at radius 1 is 1.41 bits per heavy atom. The number of carbonyl (C=O) groups is 1. The van der Waals surface area contributed by atoms with Crippen molar-refractivity contribution < 1.29 is 4.79 Å². The van der Waals surface area contributed by atoms with E-state index in [0.717, 1.165) is 25.3 Å². The molecule has 3 nitrogen and oxygen atoms in total. The molecule has 4 unspecified atom stereocenters. The average Bonchev–Trinajstić information content (AvgIpc) is 2.79. The van der Waals surface area contributed by atoms with Crippen LogP contribution in [0.4, 0.5) is 0 Å². The number of hydrogen-bond donors (Lipinski definition) is 2. The topological polar surface area (TPSA) is 41.1 Å². The summed E-state index contributed by atoms with van der Waals surface area (Å²) in [5.41, 5.74) is 0. The molecule has 1 aliphatic heterocycles. The van der Waals surface area contributed by atoms with Crippen molar-refractivity contribution in [2.75, 3.05) is 6.54 Å². The average molecular weight is 238 g/mol. The van der Waals surface area contributed by atoms with E-state index in [-0.39, 0.29) is 11.9 Å². The van der Waals surface area contributed by atoms with Crippen molar-refractivity contribution >= 4 is 5.91 Å². The van der Waals surface area contributed by atoms with E-state index in [1.807, 2.05) is 0 Å². The van der Waals surface area contributed by atoms with Gasteiger partial charge in [-0.3, -0.25) is 4.79 Å². The van der Waals surface area contributed by atoms with Crippen molar-refractivity contribution in [3.63, 3.8) is 0 Å². The Bertz CT molecular complexity index is 253. The van der Waals surface area contributed by atoms with Crippen LogP contribution in [0, 0.1) is 11.8 Å². The Morgan fingerprint density at radius 3 is 2.88 bits per heavy atom. The summed E-state index contributed by atoms with van der Waals surface area (Å²) in [5, 5.41) is 6.61. The van der Waals surface area contributed by atoms with Crippen molar-refractivity contribution in [2.24, 2.45) is 11.8 Å². The van der Waals surface area contributed by atoms with Crippen LogP contribution in [0.25, 0.3) is 0 Å². The van der Waals surface area contributed by atoms with Gasteiger partial charge in [-0.15, -0.1) is 0 Å². The maximum Gasteiger partial charge on any atom is 0.237 e. The molecule has 0 bridgehead atoms. The highest BCUT2D eigenvalue weighted by Gasteiger charge is 2.37. The molecule has 0 aromatic carbocycles. The van der Waals surface area contributed by atoms with Crippen molar-refractivity contribution in [3.8, 4) is 0 Å². The molecule has 4 atom stereocenters. The number of amides is 1. The molecule has 98 valence electrons. The molecule has 3 heteroatoms. The quantitative estimate of drug-likeness (QED) is 0.787. The first-order valence-electron chi connectivity index (χ1n) is 7.24. The maximum atomic E-state index is 12.0. The van der Waals surface area contributed by atoms with Crippen LogP contribution in [-0.2, 0) is 4.79 Å². The van der Waals surface area contributed by atoms with E-state index in [1.54, 1.807) is 0 Å². The minimum atomic E-state index is 0.0761. The summed E-state index contributed by atoms with van der Waals surface area (Å²) in [6.45, 7) is 5.17. The van der Waals surface area contributed by atoms with Gasteiger partial charge in [0.1, 0.15) is 0 Å². The van der Waals surface area contributed by atoms with Crippen LogP contribution in [0.3, 0.4) is 0 Å². The maximum absolute atomic E-state index is 12.0. The largest absolute Gasteiger partial charge is 0.354 e. The highest BCUT2D eigenvalue weighted by Crippen LogP contribution is 2.33. The predicted octanol–water partition coefficient (Wildman–Crippen LogP) is 2.07. The van der Waals surface area contributed by atoms with E-state index in [4.69, 9.17) is 0 Å². The van der Waals surface area contributed by atoms with Gasteiger partial charge < -0.3 is 10.6 Å². The molecule has 2 rings (SSSR count). The summed E-state index contributed by atoms with van der Waals surface area (Å²) in [6.07, 6.45) is 7.44. The third-order valence-corrected chi connectivity index (χ3v) is 4.50. The third kappa shape index (κ3) is 3.21. The monoisotopic (exact) mass is 238 g/mol. The van der Waals surface area contributed by atoms with Crippen LogP contribution in [0.1, 0.15) is 52.4 Å². The van der Waals surface area contributed by atoms with Crippen molar-refractivity contribution in [1.82, 2.24) is 10.6 Å². The molecule has 1 amide bonds. The van der Waals surface area contributed by atoms with Gasteiger partial charge in [-0.05, 0) is 31.1 Å². The molecule has 0 radical (unpaired) electrons. The Labute approximate surface area is 105 Å². The second-order valence-electron chi connectivity index (χ2n) is 5.86. The molecular weight excluding hydrogens is 212 g/mol. The van der Waals surface area contributed by atoms with E-state index in [0.29, 0.717) is 12.0 Å². The lowest BCUT2D eigenvalue weighted by atomic mass is 9.85. The smallest absolute Gasteiger partial charge is 0.237 e. The molecule has 2 aliphatic rings. The summed E-state index contributed by atoms with van der Waals surface area (Å²) in [6, 6.07) is 0.690. The van der Waals surface area contributed by atoms with Gasteiger partial charge in [0.25, 0.3) is 0 Å². The lowest BCUT2D eigenvalue weighted by Crippen LogP contribution is -2.44. The van der Waals surface area contributed by atoms with Crippen molar-refractivity contribution in [2.45, 2.75) is 64.5 Å². The number of rotatable bonds is 4. The first kappa shape index (κ1) is 12.9. The fraction of sp³-hybridized carbons (Fsp3) is 0.929. The number of hydrogen-bond acceptors (Lipinski definition) is 2. The number of carbonyl (C=O) groups excluding carboxylic acids is 1. The van der Waals surface area contributed by atoms with Crippen LogP contribution in [0.15, 0.2) is 0 Å². The Hall–Kier alpha value is -0.570. The van der Waals surface area contributed by atoms with Gasteiger partial charge in [0.15, 0.2) is 0 Å². The summed E-state index contributed by atoms with van der Waals surface area (Å²) >= 11 is 0. The molecule has 0 aromatic rings. The molecular formula is C14H26N2O. The van der Waals surface area contributed by atoms with Gasteiger partial charge >= 0.3 is 0 Å². The standard InChI is InChI=1S/C14H26N2O/c1-3-10(2)9-15-14(17)13-8-11-6-4-5-7-12(11)16-13/h10-13,16H,3-9H2,1-2H3,(H,15,17). The normalized spacial score (nSPS) is 34.1. The lowest BCUT2D eigenvalue weighted by Gasteiger charge is -2.24. The fourth-order valence-electron chi connectivity index (χ4n) is 3.06. The minimum Gasteiger partial charge on any atom is -0.354 e. The van der Waals surface area contributed by atoms with Gasteiger partial charge in [-0.2, -0.15) is 0 Å². The van der Waals surface area contributed by atoms with Crippen LogP contribution in [0.2, 0.25) is 0 Å². The SMILES string of the molecule is CCC(C)CNC(=O)C1CC2CCCCC2N1. The van der Waals surface area contributed by atoms with Crippen LogP contribution in [0.5, 0.6) is 0 Å². The summed E-state index contributed by atoms with van der Waals surface area (Å²) in [4.78, 5) is 12.0. The van der Waals surface area contributed by atoms with Gasteiger partial charge in [0.2, 0.25) is 5.91 Å². The molecule has 2 N–H and O–H groups in total. The van der Waals surface area contributed by atoms with E-state index < -0.39 is 0 Å². The summed E-state index contributed by atoms with van der Waals surface area (Å²) in [5.74, 6) is 1.56. The van der Waals surface area contributed by atoms with Gasteiger partial charge in [0.05, 0.1) is 6.04 Å². The van der Waals surface area contributed by atoms with E-state index >= 15 is 0 Å². The first-order chi connectivity index (χ1) is 8.20. The zero-order valence-electron chi connectivity index (χ0n) is 11.2. The second-order valence-corrected chi connectivity index (χ2v) is 5.86. The zero-order chi connectivity index (χ0) is 12.3. The van der Waals surface area contributed by atoms with Crippen LogP contribution >= 0.6 is 0 Å². The molecule has 0 aromatic heterocycles. The first-order valence-corrected chi connectivity index (χ1v) is 7.24. The van der Waals surface area contributed by atoms with Crippen LogP contribution < -0.4 is 10.6 Å². The summed E-state index contributed by atoms with van der Waals surface area (Å²) in [7, 11) is 0. The van der Waals surface area contributed by atoms with Crippen molar-refractivity contribution in [3.05, 3.63) is 0 Å². The minimum absolute atomic E-state index is 0.0761. The number of fused-ring (bicyclic) bond motifs is 1. The lowest BCUT2D eigenvalue weighted by molar-refractivity contribution is -0.123. The molecule has 17 heavy (non-hydrogen) atoms. The van der Waals surface area contributed by atoms with Crippen molar-refractivity contribution in [1.29, 1.82) is 0 Å². The Balaban J connectivity index is 1.77. The van der Waals surface area contributed by atoms with Gasteiger partial charge in [-0.25, -0.2) is 0 Å².